The minimum Gasteiger partial charge on any atom is -0.0991 e. The summed E-state index contributed by atoms with van der Waals surface area (Å²) in [5.41, 5.74) is 3.44. The van der Waals surface area contributed by atoms with Gasteiger partial charge in [0.25, 0.3) is 0 Å². The summed E-state index contributed by atoms with van der Waals surface area (Å²) in [5.74, 6) is 0. The molecule has 0 N–H and O–H groups in total. The van der Waals surface area contributed by atoms with Gasteiger partial charge in [0.05, 0.1) is 0 Å². The van der Waals surface area contributed by atoms with Crippen molar-refractivity contribution in [1.29, 1.82) is 0 Å². The molecule has 0 aromatic heterocycles. The average Bonchev–Trinajstić information content (AvgIpc) is 2.41. The molecule has 0 saturated heterocycles. The zero-order chi connectivity index (χ0) is 13.7. The number of hydrogen-bond acceptors (Lipinski definition) is 0. The zero-order valence-electron chi connectivity index (χ0n) is 12.0. The molecule has 0 aliphatic rings. The molecule has 0 bridgehead atoms. The van der Waals surface area contributed by atoms with Crippen molar-refractivity contribution in [2.75, 3.05) is 0 Å². The summed E-state index contributed by atoms with van der Waals surface area (Å²) in [5, 5.41) is 0. The third-order valence-corrected chi connectivity index (χ3v) is 1.86. The first kappa shape index (κ1) is 17.8. The number of hydrogen-bond donors (Lipinski definition) is 0. The Morgan fingerprint density at radius 1 is 1.00 bits per heavy atom. The third-order valence-electron chi connectivity index (χ3n) is 1.86. The normalized spacial score (nSPS) is 8.53. The quantitative estimate of drug-likeness (QED) is 0.575. The molecule has 1 aromatic carbocycles. The molecule has 0 spiro atoms. The Bertz CT molecular complexity index is 326. The van der Waals surface area contributed by atoms with Crippen LogP contribution in [0, 0.1) is 6.92 Å². The first-order valence-corrected chi connectivity index (χ1v) is 6.29. The van der Waals surface area contributed by atoms with Crippen molar-refractivity contribution in [3.8, 4) is 0 Å². The molecule has 1 aromatic rings. The Morgan fingerprint density at radius 3 is 1.88 bits per heavy atom. The van der Waals surface area contributed by atoms with E-state index in [1.165, 1.54) is 5.56 Å². The largest absolute Gasteiger partial charge is 0.0991 e. The van der Waals surface area contributed by atoms with E-state index in [2.05, 4.69) is 44.3 Å². The van der Waals surface area contributed by atoms with Crippen molar-refractivity contribution in [3.05, 3.63) is 66.8 Å². The summed E-state index contributed by atoms with van der Waals surface area (Å²) in [7, 11) is 0. The van der Waals surface area contributed by atoms with Crippen molar-refractivity contribution in [1.82, 2.24) is 0 Å². The predicted octanol–water partition coefficient (Wildman–Crippen LogP) is 5.80. The Kier molecular flexibility index (Phi) is 13.1. The van der Waals surface area contributed by atoms with E-state index in [1.807, 2.05) is 39.8 Å². The summed E-state index contributed by atoms with van der Waals surface area (Å²) in [6.45, 7) is 17.6. The van der Waals surface area contributed by atoms with Gasteiger partial charge in [-0.05, 0) is 18.1 Å². The van der Waals surface area contributed by atoms with Crippen LogP contribution in [0.2, 0.25) is 0 Å². The molecule has 0 atom stereocenters. The maximum Gasteiger partial charge on any atom is -0.0190 e. The lowest BCUT2D eigenvalue weighted by atomic mass is 10.1. The van der Waals surface area contributed by atoms with Crippen molar-refractivity contribution < 1.29 is 0 Å². The Morgan fingerprint density at radius 2 is 1.47 bits per heavy atom. The summed E-state index contributed by atoms with van der Waals surface area (Å²) in [4.78, 5) is 0. The molecule has 94 valence electrons. The van der Waals surface area contributed by atoms with Gasteiger partial charge in [-0.3, -0.25) is 0 Å². The fourth-order valence-corrected chi connectivity index (χ4v) is 1.05. The molecule has 1 rings (SSSR count). The van der Waals surface area contributed by atoms with Gasteiger partial charge in [-0.2, -0.15) is 0 Å². The standard InChI is InChI=1S/C13H14.2C2H6/c1-4-5-6-12(3)13-9-7-11(2)8-10-13;2*1-2/h4-10H,1,3H2,2H3;2*1-2H3/b6-5-;;. The molecule has 0 amide bonds. The smallest absolute Gasteiger partial charge is 0.0190 e. The molecule has 0 heteroatoms. The Hall–Kier alpha value is -1.56. The number of allylic oxidation sites excluding steroid dienone is 4. The maximum atomic E-state index is 3.96. The number of rotatable bonds is 3. The zero-order valence-corrected chi connectivity index (χ0v) is 12.0. The van der Waals surface area contributed by atoms with E-state index in [1.54, 1.807) is 6.08 Å². The second kappa shape index (κ2) is 12.5. The van der Waals surface area contributed by atoms with Gasteiger partial charge >= 0.3 is 0 Å². The first-order chi connectivity index (χ1) is 8.24. The van der Waals surface area contributed by atoms with Crippen LogP contribution in [-0.4, -0.2) is 0 Å². The van der Waals surface area contributed by atoms with Gasteiger partial charge < -0.3 is 0 Å². The molecule has 0 aliphatic carbocycles. The summed E-state index contributed by atoms with van der Waals surface area (Å²) < 4.78 is 0. The second-order valence-electron chi connectivity index (χ2n) is 2.99. The van der Waals surface area contributed by atoms with Gasteiger partial charge in [0.2, 0.25) is 0 Å². The first-order valence-electron chi connectivity index (χ1n) is 6.29. The summed E-state index contributed by atoms with van der Waals surface area (Å²) >= 11 is 0. The third kappa shape index (κ3) is 8.27. The molecule has 0 saturated carbocycles. The fraction of sp³-hybridized carbons (Fsp3) is 0.294. The molecule has 0 unspecified atom stereocenters. The molecule has 0 radical (unpaired) electrons. The van der Waals surface area contributed by atoms with E-state index in [4.69, 9.17) is 0 Å². The lowest BCUT2D eigenvalue weighted by Crippen LogP contribution is -1.78. The minimum absolute atomic E-state index is 1.01. The Balaban J connectivity index is 0. The minimum atomic E-state index is 1.01. The Labute approximate surface area is 107 Å². The van der Waals surface area contributed by atoms with E-state index in [-0.39, 0.29) is 0 Å². The van der Waals surface area contributed by atoms with Gasteiger partial charge in [-0.1, -0.05) is 88.9 Å². The van der Waals surface area contributed by atoms with Gasteiger partial charge in [-0.15, -0.1) is 0 Å². The van der Waals surface area contributed by atoms with E-state index in [0.29, 0.717) is 0 Å². The number of benzene rings is 1. The average molecular weight is 230 g/mol. The van der Waals surface area contributed by atoms with Crippen LogP contribution in [0.3, 0.4) is 0 Å². The van der Waals surface area contributed by atoms with Crippen LogP contribution >= 0.6 is 0 Å². The monoisotopic (exact) mass is 230 g/mol. The van der Waals surface area contributed by atoms with Crippen LogP contribution < -0.4 is 0 Å². The highest BCUT2D eigenvalue weighted by Gasteiger charge is 1.92. The van der Waals surface area contributed by atoms with Crippen molar-refractivity contribution >= 4 is 5.57 Å². The number of aryl methyl sites for hydroxylation is 1. The summed E-state index contributed by atoms with van der Waals surface area (Å²) in [6, 6.07) is 8.32. The van der Waals surface area contributed by atoms with Crippen LogP contribution in [0.15, 0.2) is 55.7 Å². The molecule has 0 fully saturated rings. The van der Waals surface area contributed by atoms with Gasteiger partial charge in [0.1, 0.15) is 0 Å². The van der Waals surface area contributed by atoms with Gasteiger partial charge in [0.15, 0.2) is 0 Å². The highest BCUT2D eigenvalue weighted by Crippen LogP contribution is 2.14. The van der Waals surface area contributed by atoms with Crippen LogP contribution in [0.25, 0.3) is 5.57 Å². The van der Waals surface area contributed by atoms with Crippen molar-refractivity contribution in [2.45, 2.75) is 34.6 Å². The van der Waals surface area contributed by atoms with E-state index < -0.39 is 0 Å². The van der Waals surface area contributed by atoms with E-state index in [0.717, 1.165) is 11.1 Å². The fourth-order valence-electron chi connectivity index (χ4n) is 1.05. The van der Waals surface area contributed by atoms with Gasteiger partial charge in [-0.25, -0.2) is 0 Å². The van der Waals surface area contributed by atoms with Crippen LogP contribution in [0.1, 0.15) is 38.8 Å². The molecule has 0 nitrogen and oxygen atoms in total. The second-order valence-corrected chi connectivity index (χ2v) is 2.99. The van der Waals surface area contributed by atoms with Gasteiger partial charge in [0, 0.05) is 0 Å². The lowest BCUT2D eigenvalue weighted by Gasteiger charge is -1.99. The topological polar surface area (TPSA) is 0 Å². The maximum absolute atomic E-state index is 3.96. The SMILES string of the molecule is C=C/C=C\C(=C)c1ccc(C)cc1.CC.CC. The van der Waals surface area contributed by atoms with Crippen molar-refractivity contribution in [3.63, 3.8) is 0 Å². The molecule has 0 aliphatic heterocycles. The molecule has 17 heavy (non-hydrogen) atoms. The predicted molar refractivity (Wildman–Crippen MR) is 82.2 cm³/mol. The van der Waals surface area contributed by atoms with E-state index >= 15 is 0 Å². The van der Waals surface area contributed by atoms with Crippen LogP contribution in [0.5, 0.6) is 0 Å². The lowest BCUT2D eigenvalue weighted by molar-refractivity contribution is 1.46. The van der Waals surface area contributed by atoms with Crippen LogP contribution in [-0.2, 0) is 0 Å². The molecular formula is C17H26. The van der Waals surface area contributed by atoms with Crippen LogP contribution in [0.4, 0.5) is 0 Å². The van der Waals surface area contributed by atoms with Crippen molar-refractivity contribution in [2.24, 2.45) is 0 Å². The molecular weight excluding hydrogens is 204 g/mol. The molecule has 0 heterocycles. The highest BCUT2D eigenvalue weighted by atomic mass is 14.0. The summed E-state index contributed by atoms with van der Waals surface area (Å²) in [6.07, 6.45) is 5.60. The van der Waals surface area contributed by atoms with E-state index in [9.17, 15) is 0 Å². The highest BCUT2D eigenvalue weighted by molar-refractivity contribution is 5.72.